The minimum atomic E-state index is -4.42. The van der Waals surface area contributed by atoms with E-state index in [1.165, 1.54) is 0 Å². The molecule has 0 bridgehead atoms. The van der Waals surface area contributed by atoms with Gasteiger partial charge >= 0.3 is 6.18 Å². The van der Waals surface area contributed by atoms with Crippen molar-refractivity contribution >= 4 is 23.1 Å². The van der Waals surface area contributed by atoms with Crippen LogP contribution in [0.2, 0.25) is 0 Å². The van der Waals surface area contributed by atoms with Gasteiger partial charge in [-0.2, -0.15) is 13.2 Å². The lowest BCUT2D eigenvalue weighted by Gasteiger charge is -2.32. The molecule has 1 fully saturated rings. The molecule has 0 unspecified atom stereocenters. The van der Waals surface area contributed by atoms with Crippen LogP contribution < -0.4 is 11.1 Å². The van der Waals surface area contributed by atoms with Gasteiger partial charge < -0.3 is 11.1 Å². The molecule has 104 valence electrons. The average molecular weight is 282 g/mol. The Labute approximate surface area is 109 Å². The maximum atomic E-state index is 12.8. The van der Waals surface area contributed by atoms with Crippen LogP contribution in [0.4, 0.5) is 13.2 Å². The van der Waals surface area contributed by atoms with Crippen LogP contribution in [-0.4, -0.2) is 22.6 Å². The Morgan fingerprint density at radius 2 is 1.78 bits per heavy atom. The molecular formula is C11H17F3N2OS. The lowest BCUT2D eigenvalue weighted by molar-refractivity contribution is -0.172. The van der Waals surface area contributed by atoms with E-state index in [-0.39, 0.29) is 17.8 Å². The van der Waals surface area contributed by atoms with E-state index in [1.54, 1.807) is 13.8 Å². The summed E-state index contributed by atoms with van der Waals surface area (Å²) in [4.78, 5) is 12.0. The highest BCUT2D eigenvalue weighted by Gasteiger charge is 2.65. The fraction of sp³-hybridized carbons (Fsp3) is 0.818. The Kier molecular flexibility index (Phi) is 3.95. The molecule has 0 aromatic heterocycles. The van der Waals surface area contributed by atoms with E-state index in [0.29, 0.717) is 12.8 Å². The lowest BCUT2D eigenvalue weighted by atomic mass is 9.81. The number of hydrogen-bond acceptors (Lipinski definition) is 2. The monoisotopic (exact) mass is 282 g/mol. The first kappa shape index (κ1) is 15.2. The summed E-state index contributed by atoms with van der Waals surface area (Å²) in [6.45, 7) is 3.38. The van der Waals surface area contributed by atoms with Gasteiger partial charge in [0.05, 0.1) is 10.4 Å². The summed E-state index contributed by atoms with van der Waals surface area (Å²) >= 11 is 4.84. The Morgan fingerprint density at radius 3 is 2.00 bits per heavy atom. The second-order valence-corrected chi connectivity index (χ2v) is 5.13. The van der Waals surface area contributed by atoms with Crippen LogP contribution in [0.1, 0.15) is 39.5 Å². The van der Waals surface area contributed by atoms with Gasteiger partial charge in [-0.15, -0.1) is 0 Å². The molecule has 18 heavy (non-hydrogen) atoms. The number of nitrogens with two attached hydrogens (primary N) is 1. The van der Waals surface area contributed by atoms with E-state index in [2.05, 4.69) is 5.32 Å². The molecule has 0 saturated heterocycles. The van der Waals surface area contributed by atoms with Gasteiger partial charge in [-0.25, -0.2) is 0 Å². The fourth-order valence-electron chi connectivity index (χ4n) is 1.97. The molecule has 3 nitrogen and oxygen atoms in total. The van der Waals surface area contributed by atoms with Crippen molar-refractivity contribution in [1.29, 1.82) is 0 Å². The number of halogens is 3. The number of thiocarbonyl (C=S) groups is 1. The minimum absolute atomic E-state index is 0.0528. The van der Waals surface area contributed by atoms with E-state index >= 15 is 0 Å². The van der Waals surface area contributed by atoms with Crippen molar-refractivity contribution in [2.24, 2.45) is 11.1 Å². The van der Waals surface area contributed by atoms with Crippen LogP contribution in [0.5, 0.6) is 0 Å². The molecular weight excluding hydrogens is 265 g/mol. The molecule has 0 atom stereocenters. The van der Waals surface area contributed by atoms with Crippen LogP contribution in [0.3, 0.4) is 0 Å². The third-order valence-corrected chi connectivity index (χ3v) is 4.15. The Morgan fingerprint density at radius 1 is 1.33 bits per heavy atom. The summed E-state index contributed by atoms with van der Waals surface area (Å²) in [5.74, 6) is -0.713. The second kappa shape index (κ2) is 4.68. The third kappa shape index (κ3) is 2.32. The van der Waals surface area contributed by atoms with E-state index in [9.17, 15) is 18.0 Å². The zero-order valence-corrected chi connectivity index (χ0v) is 11.2. The topological polar surface area (TPSA) is 55.1 Å². The largest absolute Gasteiger partial charge is 0.411 e. The highest BCUT2D eigenvalue weighted by Crippen LogP contribution is 2.49. The Bertz CT molecular complexity index is 360. The molecule has 1 aliphatic rings. The lowest BCUT2D eigenvalue weighted by Crippen LogP contribution is -2.56. The number of amides is 1. The maximum absolute atomic E-state index is 12.8. The van der Waals surface area contributed by atoms with Crippen molar-refractivity contribution in [1.82, 2.24) is 5.32 Å². The molecule has 7 heteroatoms. The normalized spacial score (nSPS) is 18.3. The molecule has 0 radical (unpaired) electrons. The number of carbonyl (C=O) groups excluding carboxylic acids is 1. The van der Waals surface area contributed by atoms with Gasteiger partial charge in [0.15, 0.2) is 0 Å². The molecule has 0 spiro atoms. The fourth-order valence-corrected chi connectivity index (χ4v) is 2.35. The van der Waals surface area contributed by atoms with Gasteiger partial charge in [-0.3, -0.25) is 4.79 Å². The SMILES string of the molecule is CCC(CC)(C(=O)NC1(C(F)(F)F)CC1)C(N)=S. The third-order valence-electron chi connectivity index (χ3n) is 3.76. The number of carbonyl (C=O) groups is 1. The predicted molar refractivity (Wildman–Crippen MR) is 66.0 cm³/mol. The molecule has 1 rings (SSSR count). The first-order chi connectivity index (χ1) is 8.15. The standard InChI is InChI=1S/C11H17F3N2OS/c1-3-9(4-2,7(15)18)8(17)16-10(5-6-10)11(12,13)14/h3-6H2,1-2H3,(H2,15,18)(H,16,17). The molecule has 1 aliphatic carbocycles. The second-order valence-electron chi connectivity index (χ2n) is 4.69. The van der Waals surface area contributed by atoms with E-state index < -0.39 is 23.0 Å². The molecule has 0 aliphatic heterocycles. The van der Waals surface area contributed by atoms with Crippen molar-refractivity contribution in [3.8, 4) is 0 Å². The molecule has 3 N–H and O–H groups in total. The van der Waals surface area contributed by atoms with Crippen molar-refractivity contribution in [2.75, 3.05) is 0 Å². The minimum Gasteiger partial charge on any atom is -0.392 e. The molecule has 0 aromatic carbocycles. The first-order valence-corrected chi connectivity index (χ1v) is 6.25. The maximum Gasteiger partial charge on any atom is 0.411 e. The molecule has 0 heterocycles. The summed E-state index contributed by atoms with van der Waals surface area (Å²) in [6.07, 6.45) is -4.00. The molecule has 1 saturated carbocycles. The average Bonchev–Trinajstić information content (AvgIpc) is 3.00. The van der Waals surface area contributed by atoms with Crippen molar-refractivity contribution in [3.05, 3.63) is 0 Å². The van der Waals surface area contributed by atoms with Crippen LogP contribution >= 0.6 is 12.2 Å². The molecule has 1 amide bonds. The first-order valence-electron chi connectivity index (χ1n) is 5.84. The van der Waals surface area contributed by atoms with Crippen molar-refractivity contribution in [3.63, 3.8) is 0 Å². The van der Waals surface area contributed by atoms with E-state index in [4.69, 9.17) is 18.0 Å². The number of rotatable bonds is 5. The molecule has 0 aromatic rings. The summed E-state index contributed by atoms with van der Waals surface area (Å²) in [5.41, 5.74) is 2.28. The highest BCUT2D eigenvalue weighted by atomic mass is 32.1. The summed E-state index contributed by atoms with van der Waals surface area (Å²) in [6, 6.07) is 0. The smallest absolute Gasteiger partial charge is 0.392 e. The van der Waals surface area contributed by atoms with Crippen LogP contribution in [0, 0.1) is 5.41 Å². The van der Waals surface area contributed by atoms with Crippen LogP contribution in [0.25, 0.3) is 0 Å². The zero-order valence-electron chi connectivity index (χ0n) is 10.4. The number of hydrogen-bond donors (Lipinski definition) is 2. The van der Waals surface area contributed by atoms with Crippen molar-refractivity contribution in [2.45, 2.75) is 51.2 Å². The van der Waals surface area contributed by atoms with Gasteiger partial charge in [-0.05, 0) is 25.7 Å². The summed E-state index contributed by atoms with van der Waals surface area (Å²) in [5, 5.41) is 2.10. The van der Waals surface area contributed by atoms with Gasteiger partial charge in [-0.1, -0.05) is 26.1 Å². The van der Waals surface area contributed by atoms with Gasteiger partial charge in [0.25, 0.3) is 0 Å². The van der Waals surface area contributed by atoms with Crippen molar-refractivity contribution < 1.29 is 18.0 Å². The van der Waals surface area contributed by atoms with Gasteiger partial charge in [0, 0.05) is 0 Å². The van der Waals surface area contributed by atoms with E-state index in [1.807, 2.05) is 0 Å². The predicted octanol–water partition coefficient (Wildman–Crippen LogP) is 2.29. The van der Waals surface area contributed by atoms with Crippen LogP contribution in [0.15, 0.2) is 0 Å². The zero-order chi connectivity index (χ0) is 14.2. The Balaban J connectivity index is 2.91. The quantitative estimate of drug-likeness (QED) is 0.761. The van der Waals surface area contributed by atoms with E-state index in [0.717, 1.165) is 0 Å². The van der Waals surface area contributed by atoms with Crippen LogP contribution in [-0.2, 0) is 4.79 Å². The Hall–Kier alpha value is -0.850. The number of nitrogens with one attached hydrogen (secondary N) is 1. The van der Waals surface area contributed by atoms with Gasteiger partial charge in [0.1, 0.15) is 5.54 Å². The summed E-state index contributed by atoms with van der Waals surface area (Å²) in [7, 11) is 0. The van der Waals surface area contributed by atoms with Gasteiger partial charge in [0.2, 0.25) is 5.91 Å². The number of alkyl halides is 3. The summed E-state index contributed by atoms with van der Waals surface area (Å²) < 4.78 is 38.3. The highest BCUT2D eigenvalue weighted by molar-refractivity contribution is 7.80.